The van der Waals surface area contributed by atoms with Crippen LogP contribution in [0.3, 0.4) is 0 Å². The number of aliphatic hydroxyl groups excluding tert-OH is 1. The van der Waals surface area contributed by atoms with Crippen LogP contribution in [0.25, 0.3) is 0 Å². The Morgan fingerprint density at radius 1 is 1.10 bits per heavy atom. The van der Waals surface area contributed by atoms with E-state index in [1.165, 1.54) is 0 Å². The molecule has 1 amide bonds. The van der Waals surface area contributed by atoms with E-state index in [2.05, 4.69) is 5.32 Å². The minimum absolute atomic E-state index is 0.0941. The third-order valence-corrected chi connectivity index (χ3v) is 3.60. The summed E-state index contributed by atoms with van der Waals surface area (Å²) < 4.78 is 0. The van der Waals surface area contributed by atoms with Crippen LogP contribution in [0.1, 0.15) is 23.7 Å². The molecule has 0 radical (unpaired) electrons. The zero-order chi connectivity index (χ0) is 15.1. The van der Waals surface area contributed by atoms with Gasteiger partial charge in [0.25, 0.3) is 0 Å². The maximum absolute atomic E-state index is 11.8. The first-order chi connectivity index (χ1) is 10.2. The summed E-state index contributed by atoms with van der Waals surface area (Å²) in [6, 6.07) is 16.7. The van der Waals surface area contributed by atoms with Crippen LogP contribution in [-0.4, -0.2) is 17.6 Å². The number of nitrogens with one attached hydrogen (secondary N) is 1. The van der Waals surface area contributed by atoms with Gasteiger partial charge >= 0.3 is 0 Å². The zero-order valence-electron chi connectivity index (χ0n) is 11.6. The maximum atomic E-state index is 11.8. The lowest BCUT2D eigenvalue weighted by Gasteiger charge is -2.11. The summed E-state index contributed by atoms with van der Waals surface area (Å²) in [7, 11) is 0. The predicted octanol–water partition coefficient (Wildman–Crippen LogP) is 3.12. The molecular weight excluding hydrogens is 286 g/mol. The highest BCUT2D eigenvalue weighted by molar-refractivity contribution is 6.31. The van der Waals surface area contributed by atoms with Gasteiger partial charge in [-0.1, -0.05) is 60.1 Å². The Morgan fingerprint density at radius 3 is 2.48 bits per heavy atom. The van der Waals surface area contributed by atoms with E-state index < -0.39 is 6.10 Å². The number of aliphatic hydroxyl groups is 1. The van der Waals surface area contributed by atoms with Gasteiger partial charge in [-0.25, -0.2) is 0 Å². The van der Waals surface area contributed by atoms with Gasteiger partial charge in [0, 0.05) is 11.6 Å². The van der Waals surface area contributed by atoms with E-state index in [4.69, 9.17) is 11.6 Å². The Balaban J connectivity index is 1.76. The van der Waals surface area contributed by atoms with Crippen LogP contribution >= 0.6 is 11.6 Å². The molecule has 1 atom stereocenters. The fourth-order valence-corrected chi connectivity index (χ4v) is 2.27. The number of hydrogen-bond acceptors (Lipinski definition) is 2. The minimum atomic E-state index is -0.563. The molecule has 0 unspecified atom stereocenters. The first-order valence-electron chi connectivity index (χ1n) is 6.90. The van der Waals surface area contributed by atoms with Crippen LogP contribution in [-0.2, 0) is 11.2 Å². The van der Waals surface area contributed by atoms with E-state index >= 15 is 0 Å². The second-order valence-electron chi connectivity index (χ2n) is 4.83. The van der Waals surface area contributed by atoms with Gasteiger partial charge in [0.05, 0.1) is 12.5 Å². The number of benzene rings is 2. The first kappa shape index (κ1) is 15.5. The molecule has 21 heavy (non-hydrogen) atoms. The Hall–Kier alpha value is -1.84. The smallest absolute Gasteiger partial charge is 0.224 e. The van der Waals surface area contributed by atoms with Gasteiger partial charge in [-0.05, 0) is 23.6 Å². The summed E-state index contributed by atoms with van der Waals surface area (Å²) in [6.45, 7) is 0.430. The molecule has 0 fully saturated rings. The molecule has 0 saturated heterocycles. The maximum Gasteiger partial charge on any atom is 0.224 e. The third kappa shape index (κ3) is 4.88. The van der Waals surface area contributed by atoms with Crippen molar-refractivity contribution in [1.82, 2.24) is 5.32 Å². The van der Waals surface area contributed by atoms with E-state index in [-0.39, 0.29) is 12.3 Å². The molecule has 2 aromatic rings. The summed E-state index contributed by atoms with van der Waals surface area (Å²) in [5, 5.41) is 13.4. The van der Waals surface area contributed by atoms with Crippen molar-refractivity contribution in [2.75, 3.05) is 6.54 Å². The van der Waals surface area contributed by atoms with Crippen molar-refractivity contribution in [2.45, 2.75) is 18.9 Å². The SMILES string of the molecule is O=C(Cc1ccccc1Cl)NCC[C@H](O)c1ccccc1. The lowest BCUT2D eigenvalue weighted by molar-refractivity contribution is -0.120. The minimum Gasteiger partial charge on any atom is -0.388 e. The summed E-state index contributed by atoms with van der Waals surface area (Å²) in [4.78, 5) is 11.8. The van der Waals surface area contributed by atoms with Gasteiger partial charge in [0.15, 0.2) is 0 Å². The van der Waals surface area contributed by atoms with Crippen LogP contribution in [0.4, 0.5) is 0 Å². The normalized spacial score (nSPS) is 11.9. The number of carbonyl (C=O) groups excluding carboxylic acids is 1. The molecule has 0 saturated carbocycles. The molecule has 0 aromatic heterocycles. The molecule has 0 aliphatic carbocycles. The van der Waals surface area contributed by atoms with Gasteiger partial charge < -0.3 is 10.4 Å². The number of hydrogen-bond donors (Lipinski definition) is 2. The Kier molecular flexibility index (Phi) is 5.78. The molecule has 0 aliphatic rings. The Morgan fingerprint density at radius 2 is 1.76 bits per heavy atom. The monoisotopic (exact) mass is 303 g/mol. The van der Waals surface area contributed by atoms with Crippen LogP contribution in [0.2, 0.25) is 5.02 Å². The fourth-order valence-electron chi connectivity index (χ4n) is 2.07. The summed E-state index contributed by atoms with van der Waals surface area (Å²) >= 11 is 6.01. The largest absolute Gasteiger partial charge is 0.388 e. The molecule has 110 valence electrons. The summed E-state index contributed by atoms with van der Waals surface area (Å²) in [6.07, 6.45) is 0.172. The van der Waals surface area contributed by atoms with E-state index in [0.29, 0.717) is 18.0 Å². The molecule has 0 spiro atoms. The van der Waals surface area contributed by atoms with Crippen molar-refractivity contribution >= 4 is 17.5 Å². The Bertz CT molecular complexity index is 586. The van der Waals surface area contributed by atoms with Crippen molar-refractivity contribution in [1.29, 1.82) is 0 Å². The summed E-state index contributed by atoms with van der Waals surface area (Å²) in [5.74, 6) is -0.0941. The number of halogens is 1. The molecule has 3 nitrogen and oxygen atoms in total. The highest BCUT2D eigenvalue weighted by atomic mass is 35.5. The predicted molar refractivity (Wildman–Crippen MR) is 84.2 cm³/mol. The molecule has 2 N–H and O–H groups in total. The van der Waals surface area contributed by atoms with Crippen LogP contribution < -0.4 is 5.32 Å². The van der Waals surface area contributed by atoms with E-state index in [9.17, 15) is 9.90 Å². The van der Waals surface area contributed by atoms with Crippen molar-refractivity contribution in [2.24, 2.45) is 0 Å². The quantitative estimate of drug-likeness (QED) is 0.861. The second-order valence-corrected chi connectivity index (χ2v) is 5.24. The molecule has 0 heterocycles. The average molecular weight is 304 g/mol. The van der Waals surface area contributed by atoms with Gasteiger partial charge in [0.2, 0.25) is 5.91 Å². The molecule has 0 bridgehead atoms. The number of carbonyl (C=O) groups is 1. The molecule has 2 aromatic carbocycles. The molecule has 0 aliphatic heterocycles. The van der Waals surface area contributed by atoms with E-state index in [0.717, 1.165) is 11.1 Å². The van der Waals surface area contributed by atoms with Gasteiger partial charge in [-0.15, -0.1) is 0 Å². The van der Waals surface area contributed by atoms with Crippen molar-refractivity contribution in [3.63, 3.8) is 0 Å². The standard InChI is InChI=1S/C17H18ClNO2/c18-15-9-5-4-8-14(15)12-17(21)19-11-10-16(20)13-6-2-1-3-7-13/h1-9,16,20H,10-12H2,(H,19,21)/t16-/m0/s1. The lowest BCUT2D eigenvalue weighted by Crippen LogP contribution is -2.27. The Labute approximate surface area is 129 Å². The van der Waals surface area contributed by atoms with E-state index in [1.54, 1.807) is 6.07 Å². The van der Waals surface area contributed by atoms with Gasteiger partial charge in [0.1, 0.15) is 0 Å². The van der Waals surface area contributed by atoms with Gasteiger partial charge in [-0.3, -0.25) is 4.79 Å². The van der Waals surface area contributed by atoms with Crippen LogP contribution in [0, 0.1) is 0 Å². The van der Waals surface area contributed by atoms with Gasteiger partial charge in [-0.2, -0.15) is 0 Å². The average Bonchev–Trinajstić information content (AvgIpc) is 2.50. The first-order valence-corrected chi connectivity index (χ1v) is 7.27. The van der Waals surface area contributed by atoms with Crippen molar-refractivity contribution in [3.8, 4) is 0 Å². The second kappa shape index (κ2) is 7.81. The van der Waals surface area contributed by atoms with E-state index in [1.807, 2.05) is 48.5 Å². The molecular formula is C17H18ClNO2. The van der Waals surface area contributed by atoms with Crippen molar-refractivity contribution < 1.29 is 9.90 Å². The topological polar surface area (TPSA) is 49.3 Å². The number of rotatable bonds is 6. The fraction of sp³-hybridized carbons (Fsp3) is 0.235. The molecule has 4 heteroatoms. The lowest BCUT2D eigenvalue weighted by atomic mass is 10.1. The highest BCUT2D eigenvalue weighted by Crippen LogP contribution is 2.16. The van der Waals surface area contributed by atoms with Crippen LogP contribution in [0.15, 0.2) is 54.6 Å². The highest BCUT2D eigenvalue weighted by Gasteiger charge is 2.09. The van der Waals surface area contributed by atoms with Crippen LogP contribution in [0.5, 0.6) is 0 Å². The van der Waals surface area contributed by atoms with Crippen molar-refractivity contribution in [3.05, 3.63) is 70.7 Å². The molecule has 2 rings (SSSR count). The zero-order valence-corrected chi connectivity index (χ0v) is 12.4. The number of amides is 1. The summed E-state index contributed by atoms with van der Waals surface area (Å²) in [5.41, 5.74) is 1.66. The third-order valence-electron chi connectivity index (χ3n) is 3.23.